The number of hydrogen-bond donors (Lipinski definition) is 1. The number of nitrogens with one attached hydrogen (secondary N) is 1. The number of aromatic nitrogens is 1. The maximum absolute atomic E-state index is 4.74. The molecule has 2 fully saturated rings. The molecule has 0 bridgehead atoms. The molecule has 18 heavy (non-hydrogen) atoms. The van der Waals surface area contributed by atoms with Crippen molar-refractivity contribution in [1.29, 1.82) is 0 Å². The zero-order valence-electron chi connectivity index (χ0n) is 11.2. The number of rotatable bonds is 5. The van der Waals surface area contributed by atoms with E-state index in [9.17, 15) is 0 Å². The Morgan fingerprint density at radius 3 is 2.83 bits per heavy atom. The van der Waals surface area contributed by atoms with Gasteiger partial charge in [0.05, 0.1) is 12.2 Å². The first-order chi connectivity index (χ1) is 8.79. The molecule has 0 unspecified atom stereocenters. The van der Waals surface area contributed by atoms with E-state index in [4.69, 9.17) is 4.98 Å². The third-order valence-electron chi connectivity index (χ3n) is 3.98. The molecule has 2 aliphatic rings. The van der Waals surface area contributed by atoms with Gasteiger partial charge in [-0.1, -0.05) is 6.92 Å². The van der Waals surface area contributed by atoms with Crippen LogP contribution >= 0.6 is 11.3 Å². The van der Waals surface area contributed by atoms with Gasteiger partial charge in [0.2, 0.25) is 0 Å². The minimum atomic E-state index is 0.777. The van der Waals surface area contributed by atoms with Gasteiger partial charge in [0, 0.05) is 18.0 Å². The summed E-state index contributed by atoms with van der Waals surface area (Å²) in [4.78, 5) is 7.29. The minimum Gasteiger partial charge on any atom is -0.308 e. The molecule has 100 valence electrons. The Kier molecular flexibility index (Phi) is 3.97. The Hall–Kier alpha value is -0.450. The lowest BCUT2D eigenvalue weighted by atomic mass is 9.99. The summed E-state index contributed by atoms with van der Waals surface area (Å²) in [7, 11) is 0. The summed E-state index contributed by atoms with van der Waals surface area (Å²) in [5, 5.41) is 7.03. The smallest absolute Gasteiger partial charge is 0.107 e. The predicted octanol–water partition coefficient (Wildman–Crippen LogP) is 2.63. The maximum Gasteiger partial charge on any atom is 0.107 e. The summed E-state index contributed by atoms with van der Waals surface area (Å²) >= 11 is 1.82. The minimum absolute atomic E-state index is 0.777. The van der Waals surface area contributed by atoms with Crippen molar-refractivity contribution < 1.29 is 0 Å². The fourth-order valence-electron chi connectivity index (χ4n) is 2.45. The van der Waals surface area contributed by atoms with Gasteiger partial charge >= 0.3 is 0 Å². The molecule has 0 radical (unpaired) electrons. The molecule has 0 spiro atoms. The van der Waals surface area contributed by atoms with Gasteiger partial charge in [0.15, 0.2) is 0 Å². The molecule has 1 aliphatic heterocycles. The van der Waals surface area contributed by atoms with Crippen LogP contribution in [0, 0.1) is 5.92 Å². The summed E-state index contributed by atoms with van der Waals surface area (Å²) in [6.45, 7) is 6.87. The van der Waals surface area contributed by atoms with Gasteiger partial charge in [-0.25, -0.2) is 4.98 Å². The highest BCUT2D eigenvalue weighted by atomic mass is 32.1. The Balaban J connectivity index is 1.46. The van der Waals surface area contributed by atoms with Crippen LogP contribution in [0.25, 0.3) is 0 Å². The quantitative estimate of drug-likeness (QED) is 0.887. The Morgan fingerprint density at radius 1 is 1.33 bits per heavy atom. The van der Waals surface area contributed by atoms with Gasteiger partial charge in [-0.2, -0.15) is 0 Å². The van der Waals surface area contributed by atoms with E-state index in [1.165, 1.54) is 49.5 Å². The van der Waals surface area contributed by atoms with Crippen LogP contribution in [-0.2, 0) is 13.1 Å². The average molecular weight is 265 g/mol. The molecule has 1 aromatic heterocycles. The molecule has 3 nitrogen and oxygen atoms in total. The van der Waals surface area contributed by atoms with Gasteiger partial charge in [0.25, 0.3) is 0 Å². The van der Waals surface area contributed by atoms with Crippen LogP contribution in [0.2, 0.25) is 0 Å². The summed E-state index contributed by atoms with van der Waals surface area (Å²) in [5.74, 6) is 0.913. The van der Waals surface area contributed by atoms with Gasteiger partial charge in [-0.3, -0.25) is 4.90 Å². The molecule has 3 rings (SSSR count). The van der Waals surface area contributed by atoms with Crippen molar-refractivity contribution in [3.05, 3.63) is 16.1 Å². The second-order valence-corrected chi connectivity index (χ2v) is 6.79. The third kappa shape index (κ3) is 3.53. The van der Waals surface area contributed by atoms with Crippen molar-refractivity contribution in [3.63, 3.8) is 0 Å². The second-order valence-electron chi connectivity index (χ2n) is 5.85. The highest BCUT2D eigenvalue weighted by Crippen LogP contribution is 2.21. The lowest BCUT2D eigenvalue weighted by Crippen LogP contribution is -2.32. The van der Waals surface area contributed by atoms with E-state index < -0.39 is 0 Å². The van der Waals surface area contributed by atoms with Crippen molar-refractivity contribution in [3.8, 4) is 0 Å². The topological polar surface area (TPSA) is 28.2 Å². The Bertz CT molecular complexity index is 378. The lowest BCUT2D eigenvalue weighted by Gasteiger charge is -2.29. The number of piperidine rings is 1. The average Bonchev–Trinajstić information content (AvgIpc) is 3.10. The largest absolute Gasteiger partial charge is 0.308 e. The molecule has 1 saturated heterocycles. The molecule has 1 N–H and O–H groups in total. The second kappa shape index (κ2) is 5.68. The molecule has 4 heteroatoms. The van der Waals surface area contributed by atoms with Gasteiger partial charge in [-0.05, 0) is 44.7 Å². The summed E-state index contributed by atoms with van der Waals surface area (Å²) in [5.41, 5.74) is 1.23. The fourth-order valence-corrected chi connectivity index (χ4v) is 3.29. The van der Waals surface area contributed by atoms with Crippen molar-refractivity contribution in [2.45, 2.75) is 51.7 Å². The number of nitrogens with zero attached hydrogens (tertiary/aromatic N) is 2. The molecule has 1 saturated carbocycles. The normalized spacial score (nSPS) is 22.5. The molecule has 0 aromatic carbocycles. The highest BCUT2D eigenvalue weighted by Gasteiger charge is 2.21. The monoisotopic (exact) mass is 265 g/mol. The molecule has 1 aromatic rings. The van der Waals surface area contributed by atoms with Crippen molar-refractivity contribution in [2.24, 2.45) is 5.92 Å². The SMILES string of the molecule is CC1CCN(Cc2nc(CNC3CC3)cs2)CC1. The zero-order valence-corrected chi connectivity index (χ0v) is 12.0. The van der Waals surface area contributed by atoms with Crippen LogP contribution in [-0.4, -0.2) is 29.0 Å². The first-order valence-electron chi connectivity index (χ1n) is 7.18. The van der Waals surface area contributed by atoms with E-state index >= 15 is 0 Å². The van der Waals surface area contributed by atoms with E-state index in [1.54, 1.807) is 0 Å². The fraction of sp³-hybridized carbons (Fsp3) is 0.786. The summed E-state index contributed by atoms with van der Waals surface area (Å²) in [6.07, 6.45) is 5.40. The summed E-state index contributed by atoms with van der Waals surface area (Å²) < 4.78 is 0. The highest BCUT2D eigenvalue weighted by molar-refractivity contribution is 7.09. The molecule has 0 atom stereocenters. The lowest BCUT2D eigenvalue weighted by molar-refractivity contribution is 0.185. The molecule has 1 aliphatic carbocycles. The first-order valence-corrected chi connectivity index (χ1v) is 8.06. The zero-order chi connectivity index (χ0) is 12.4. The van der Waals surface area contributed by atoms with Gasteiger partial charge in [-0.15, -0.1) is 11.3 Å². The van der Waals surface area contributed by atoms with E-state index in [0.29, 0.717) is 0 Å². The van der Waals surface area contributed by atoms with Crippen LogP contribution in [0.1, 0.15) is 43.3 Å². The van der Waals surface area contributed by atoms with Crippen LogP contribution in [0.5, 0.6) is 0 Å². The third-order valence-corrected chi connectivity index (χ3v) is 4.87. The molecule has 2 heterocycles. The molecule has 0 amide bonds. The number of likely N-dealkylation sites (tertiary alicyclic amines) is 1. The maximum atomic E-state index is 4.74. The van der Waals surface area contributed by atoms with Crippen molar-refractivity contribution >= 4 is 11.3 Å². The van der Waals surface area contributed by atoms with E-state index in [-0.39, 0.29) is 0 Å². The van der Waals surface area contributed by atoms with E-state index in [2.05, 4.69) is 22.5 Å². The van der Waals surface area contributed by atoms with Gasteiger partial charge < -0.3 is 5.32 Å². The van der Waals surface area contributed by atoms with E-state index in [0.717, 1.165) is 25.0 Å². The van der Waals surface area contributed by atoms with Crippen LogP contribution in [0.15, 0.2) is 5.38 Å². The first kappa shape index (κ1) is 12.6. The van der Waals surface area contributed by atoms with Crippen molar-refractivity contribution in [1.82, 2.24) is 15.2 Å². The van der Waals surface area contributed by atoms with Crippen molar-refractivity contribution in [2.75, 3.05) is 13.1 Å². The predicted molar refractivity (Wildman–Crippen MR) is 75.7 cm³/mol. The van der Waals surface area contributed by atoms with Crippen LogP contribution < -0.4 is 5.32 Å². The summed E-state index contributed by atoms with van der Waals surface area (Å²) in [6, 6.07) is 0.777. The van der Waals surface area contributed by atoms with E-state index in [1.807, 2.05) is 11.3 Å². The molecular weight excluding hydrogens is 242 g/mol. The van der Waals surface area contributed by atoms with Gasteiger partial charge in [0.1, 0.15) is 5.01 Å². The number of hydrogen-bond acceptors (Lipinski definition) is 4. The Labute approximate surface area is 114 Å². The standard InChI is InChI=1S/C14H23N3S/c1-11-4-6-17(7-5-11)9-14-16-13(10-18-14)8-15-12-2-3-12/h10-12,15H,2-9H2,1H3. The van der Waals surface area contributed by atoms with Crippen LogP contribution in [0.4, 0.5) is 0 Å². The van der Waals surface area contributed by atoms with Crippen LogP contribution in [0.3, 0.4) is 0 Å². The Morgan fingerprint density at radius 2 is 2.11 bits per heavy atom. The number of thiazole rings is 1. The molecular formula is C14H23N3S.